The molecule has 0 spiro atoms. The highest BCUT2D eigenvalue weighted by Crippen LogP contribution is 2.33. The Morgan fingerprint density at radius 3 is 2.10 bits per heavy atom. The van der Waals surface area contributed by atoms with Crippen molar-refractivity contribution in [2.24, 2.45) is 5.92 Å². The van der Waals surface area contributed by atoms with E-state index in [0.717, 1.165) is 31.2 Å². The Balaban J connectivity index is 1.26. The number of rotatable bonds is 5. The third-order valence-corrected chi connectivity index (χ3v) is 8.74. The summed E-state index contributed by atoms with van der Waals surface area (Å²) in [6.45, 7) is 2.73. The van der Waals surface area contributed by atoms with Gasteiger partial charge in [0.25, 0.3) is 0 Å². The summed E-state index contributed by atoms with van der Waals surface area (Å²) in [6, 6.07) is 17.8. The van der Waals surface area contributed by atoms with Gasteiger partial charge in [0.1, 0.15) is 0 Å². The van der Waals surface area contributed by atoms with E-state index in [1.807, 2.05) is 25.1 Å². The molecule has 5 nitrogen and oxygen atoms in total. The monoisotopic (exact) mass is 440 g/mol. The molecule has 1 N–H and O–H groups in total. The van der Waals surface area contributed by atoms with Gasteiger partial charge in [0, 0.05) is 25.0 Å². The first kappa shape index (κ1) is 22.0. The summed E-state index contributed by atoms with van der Waals surface area (Å²) >= 11 is 0. The third-order valence-electron chi connectivity index (χ3n) is 6.83. The van der Waals surface area contributed by atoms with Crippen molar-refractivity contribution < 1.29 is 13.2 Å². The Bertz CT molecular complexity index is 973. The van der Waals surface area contributed by atoms with Crippen molar-refractivity contribution in [1.82, 2.24) is 9.62 Å². The number of carbonyl (C=O) groups is 1. The highest BCUT2D eigenvalue weighted by Gasteiger charge is 2.33. The number of benzene rings is 2. The average molecular weight is 441 g/mol. The second-order valence-corrected chi connectivity index (χ2v) is 10.9. The van der Waals surface area contributed by atoms with Gasteiger partial charge in [-0.05, 0) is 69.1 Å². The molecular formula is C25H32N2O3S. The molecule has 0 atom stereocenters. The number of nitrogens with zero attached hydrogens (tertiary/aromatic N) is 1. The lowest BCUT2D eigenvalue weighted by molar-refractivity contribution is -0.127. The predicted molar refractivity (Wildman–Crippen MR) is 122 cm³/mol. The van der Waals surface area contributed by atoms with Crippen LogP contribution in [-0.2, 0) is 14.8 Å². The number of carbonyl (C=O) groups excluding carboxylic acids is 1. The summed E-state index contributed by atoms with van der Waals surface area (Å²) in [5, 5.41) is 3.25. The summed E-state index contributed by atoms with van der Waals surface area (Å²) in [6.07, 6.45) is 5.37. The molecule has 1 heterocycles. The van der Waals surface area contributed by atoms with Gasteiger partial charge in [-0.25, -0.2) is 8.42 Å². The van der Waals surface area contributed by atoms with E-state index in [1.54, 1.807) is 12.1 Å². The predicted octanol–water partition coefficient (Wildman–Crippen LogP) is 4.24. The van der Waals surface area contributed by atoms with Crippen LogP contribution in [0.5, 0.6) is 0 Å². The maximum atomic E-state index is 12.9. The lowest BCUT2D eigenvalue weighted by Gasteiger charge is -2.33. The van der Waals surface area contributed by atoms with Crippen molar-refractivity contribution in [3.63, 3.8) is 0 Å². The fourth-order valence-electron chi connectivity index (χ4n) is 4.83. The van der Waals surface area contributed by atoms with Gasteiger partial charge in [-0.2, -0.15) is 4.31 Å². The number of piperidine rings is 1. The molecule has 1 aliphatic carbocycles. The molecule has 2 fully saturated rings. The van der Waals surface area contributed by atoms with Gasteiger partial charge in [-0.1, -0.05) is 48.0 Å². The molecule has 166 valence electrons. The Morgan fingerprint density at radius 2 is 1.48 bits per heavy atom. The van der Waals surface area contributed by atoms with E-state index < -0.39 is 10.0 Å². The number of hydrogen-bond donors (Lipinski definition) is 1. The highest BCUT2D eigenvalue weighted by atomic mass is 32.2. The van der Waals surface area contributed by atoms with Gasteiger partial charge in [0.2, 0.25) is 15.9 Å². The van der Waals surface area contributed by atoms with Crippen LogP contribution in [0.4, 0.5) is 0 Å². The van der Waals surface area contributed by atoms with E-state index in [0.29, 0.717) is 36.7 Å². The Labute approximate surface area is 185 Å². The normalized spacial score (nSPS) is 23.4. The number of amides is 1. The van der Waals surface area contributed by atoms with Crippen LogP contribution >= 0.6 is 0 Å². The van der Waals surface area contributed by atoms with Crippen molar-refractivity contribution in [3.8, 4) is 0 Å². The van der Waals surface area contributed by atoms with E-state index in [-0.39, 0.29) is 17.9 Å². The average Bonchev–Trinajstić information content (AvgIpc) is 2.80. The molecule has 0 radical (unpaired) electrons. The van der Waals surface area contributed by atoms with Crippen LogP contribution in [0.2, 0.25) is 0 Å². The second-order valence-electron chi connectivity index (χ2n) is 8.96. The third kappa shape index (κ3) is 5.18. The SMILES string of the molecule is Cc1ccc(S(=O)(=O)N2CCC(C(=O)NC3CCC(c4ccccc4)CC3)CC2)cc1. The minimum atomic E-state index is -3.49. The summed E-state index contributed by atoms with van der Waals surface area (Å²) in [5.41, 5.74) is 2.43. The minimum absolute atomic E-state index is 0.0931. The molecule has 31 heavy (non-hydrogen) atoms. The Morgan fingerprint density at radius 1 is 0.871 bits per heavy atom. The van der Waals surface area contributed by atoms with Gasteiger partial charge in [0.05, 0.1) is 4.90 Å². The maximum Gasteiger partial charge on any atom is 0.243 e. The summed E-state index contributed by atoms with van der Waals surface area (Å²) in [7, 11) is -3.49. The first-order valence-corrected chi connectivity index (χ1v) is 12.8. The Kier molecular flexibility index (Phi) is 6.77. The first-order valence-electron chi connectivity index (χ1n) is 11.4. The summed E-state index contributed by atoms with van der Waals surface area (Å²) in [4.78, 5) is 13.1. The highest BCUT2D eigenvalue weighted by molar-refractivity contribution is 7.89. The lowest BCUT2D eigenvalue weighted by atomic mass is 9.81. The summed E-state index contributed by atoms with van der Waals surface area (Å²) in [5.74, 6) is 0.580. The zero-order chi connectivity index (χ0) is 21.8. The van der Waals surface area contributed by atoms with E-state index in [4.69, 9.17) is 0 Å². The standard InChI is InChI=1S/C25H32N2O3S/c1-19-7-13-24(14-8-19)31(29,30)27-17-15-22(16-18-27)25(28)26-23-11-9-21(10-12-23)20-5-3-2-4-6-20/h2-8,13-14,21-23H,9-12,15-18H2,1H3,(H,26,28). The zero-order valence-corrected chi connectivity index (χ0v) is 19.0. The molecule has 4 rings (SSSR count). The smallest absolute Gasteiger partial charge is 0.243 e. The molecule has 0 aromatic heterocycles. The number of sulfonamides is 1. The van der Waals surface area contributed by atoms with Crippen molar-refractivity contribution in [1.29, 1.82) is 0 Å². The van der Waals surface area contributed by atoms with Crippen molar-refractivity contribution in [3.05, 3.63) is 65.7 Å². The molecule has 6 heteroatoms. The van der Waals surface area contributed by atoms with Gasteiger partial charge in [-0.3, -0.25) is 4.79 Å². The molecule has 2 aromatic carbocycles. The molecule has 2 aliphatic rings. The second kappa shape index (κ2) is 9.53. The van der Waals surface area contributed by atoms with Gasteiger partial charge < -0.3 is 5.32 Å². The van der Waals surface area contributed by atoms with Gasteiger partial charge in [-0.15, -0.1) is 0 Å². The number of nitrogens with one attached hydrogen (secondary N) is 1. The van der Waals surface area contributed by atoms with Crippen LogP contribution in [0.3, 0.4) is 0 Å². The Hall–Kier alpha value is -2.18. The van der Waals surface area contributed by atoms with Crippen LogP contribution in [-0.4, -0.2) is 37.8 Å². The number of aryl methyl sites for hydroxylation is 1. The van der Waals surface area contributed by atoms with E-state index in [9.17, 15) is 13.2 Å². The van der Waals surface area contributed by atoms with Gasteiger partial charge >= 0.3 is 0 Å². The molecule has 1 saturated heterocycles. The lowest BCUT2D eigenvalue weighted by Crippen LogP contribution is -2.46. The van der Waals surface area contributed by atoms with Crippen LogP contribution < -0.4 is 5.32 Å². The van der Waals surface area contributed by atoms with E-state index >= 15 is 0 Å². The molecule has 1 amide bonds. The first-order chi connectivity index (χ1) is 14.9. The quantitative estimate of drug-likeness (QED) is 0.756. The molecular weight excluding hydrogens is 408 g/mol. The topological polar surface area (TPSA) is 66.5 Å². The van der Waals surface area contributed by atoms with Crippen molar-refractivity contribution in [2.45, 2.75) is 62.3 Å². The molecule has 2 aromatic rings. The van der Waals surface area contributed by atoms with Crippen molar-refractivity contribution in [2.75, 3.05) is 13.1 Å². The van der Waals surface area contributed by atoms with Crippen LogP contribution in [0.15, 0.2) is 59.5 Å². The van der Waals surface area contributed by atoms with Crippen LogP contribution in [0.25, 0.3) is 0 Å². The molecule has 1 aliphatic heterocycles. The van der Waals surface area contributed by atoms with Crippen LogP contribution in [0.1, 0.15) is 55.6 Å². The van der Waals surface area contributed by atoms with Crippen molar-refractivity contribution >= 4 is 15.9 Å². The number of hydrogen-bond acceptors (Lipinski definition) is 3. The van der Waals surface area contributed by atoms with Gasteiger partial charge in [0.15, 0.2) is 0 Å². The minimum Gasteiger partial charge on any atom is -0.353 e. The fourth-order valence-corrected chi connectivity index (χ4v) is 6.30. The summed E-state index contributed by atoms with van der Waals surface area (Å²) < 4.78 is 27.3. The largest absolute Gasteiger partial charge is 0.353 e. The zero-order valence-electron chi connectivity index (χ0n) is 18.2. The van der Waals surface area contributed by atoms with E-state index in [2.05, 4.69) is 29.6 Å². The fraction of sp³-hybridized carbons (Fsp3) is 0.480. The molecule has 0 unspecified atom stereocenters. The molecule has 0 bridgehead atoms. The van der Waals surface area contributed by atoms with Crippen LogP contribution in [0, 0.1) is 12.8 Å². The molecule has 1 saturated carbocycles. The maximum absolute atomic E-state index is 12.9. The van der Waals surface area contributed by atoms with E-state index in [1.165, 1.54) is 9.87 Å².